The molecule has 1 aromatic rings. The minimum atomic E-state index is -0.408. The number of benzene rings is 1. The van der Waals surface area contributed by atoms with Crippen LogP contribution in [0.3, 0.4) is 0 Å². The summed E-state index contributed by atoms with van der Waals surface area (Å²) in [5, 5.41) is 23.3. The van der Waals surface area contributed by atoms with Gasteiger partial charge >= 0.3 is 0 Å². The Morgan fingerprint density at radius 1 is 1.53 bits per heavy atom. The fourth-order valence-corrected chi connectivity index (χ4v) is 1.94. The molecule has 1 atom stereocenters. The predicted octanol–water partition coefficient (Wildman–Crippen LogP) is 1.72. The fourth-order valence-electron chi connectivity index (χ4n) is 1.94. The van der Waals surface area contributed by atoms with Gasteiger partial charge in [-0.3, -0.25) is 10.1 Å². The predicted molar refractivity (Wildman–Crippen MR) is 54.7 cm³/mol. The second kappa shape index (κ2) is 3.86. The van der Waals surface area contributed by atoms with Crippen molar-refractivity contribution in [2.75, 3.05) is 6.54 Å². The Kier molecular flexibility index (Phi) is 2.55. The van der Waals surface area contributed by atoms with Crippen LogP contribution in [-0.2, 0) is 0 Å². The first-order valence-corrected chi connectivity index (χ1v) is 4.89. The second-order valence-electron chi connectivity index (χ2n) is 3.65. The lowest BCUT2D eigenvalue weighted by Gasteiger charge is -2.10. The van der Waals surface area contributed by atoms with Gasteiger partial charge < -0.3 is 10.4 Å². The van der Waals surface area contributed by atoms with Crippen molar-refractivity contribution in [1.29, 1.82) is 0 Å². The van der Waals surface area contributed by atoms with Crippen molar-refractivity contribution in [2.45, 2.75) is 18.9 Å². The summed E-state index contributed by atoms with van der Waals surface area (Å²) in [4.78, 5) is 10.4. The summed E-state index contributed by atoms with van der Waals surface area (Å²) in [6.07, 6.45) is 1.89. The van der Waals surface area contributed by atoms with Crippen molar-refractivity contribution >= 4 is 5.69 Å². The van der Waals surface area contributed by atoms with Gasteiger partial charge in [0.1, 0.15) is 5.75 Å². The third-order valence-corrected chi connectivity index (χ3v) is 2.64. The van der Waals surface area contributed by atoms with Gasteiger partial charge in [-0.2, -0.15) is 0 Å². The highest BCUT2D eigenvalue weighted by Gasteiger charge is 2.24. The topological polar surface area (TPSA) is 75.4 Å². The van der Waals surface area contributed by atoms with Crippen LogP contribution in [0, 0.1) is 10.1 Å². The molecule has 80 valence electrons. The molecule has 0 amide bonds. The Labute approximate surface area is 86.9 Å². The molecule has 1 saturated heterocycles. The Bertz CT molecular complexity index is 386. The Morgan fingerprint density at radius 2 is 2.33 bits per heavy atom. The van der Waals surface area contributed by atoms with E-state index in [1.165, 1.54) is 18.2 Å². The number of nitrogens with one attached hydrogen (secondary N) is 1. The van der Waals surface area contributed by atoms with Gasteiger partial charge in [0.2, 0.25) is 0 Å². The molecule has 0 spiro atoms. The van der Waals surface area contributed by atoms with Crippen LogP contribution < -0.4 is 5.32 Å². The molecular weight excluding hydrogens is 196 g/mol. The Hall–Kier alpha value is -1.62. The lowest BCUT2D eigenvalue weighted by molar-refractivity contribution is -0.385. The van der Waals surface area contributed by atoms with E-state index in [-0.39, 0.29) is 17.5 Å². The van der Waals surface area contributed by atoms with E-state index in [1.54, 1.807) is 0 Å². The summed E-state index contributed by atoms with van der Waals surface area (Å²) in [6.45, 7) is 0.872. The summed E-state index contributed by atoms with van der Waals surface area (Å²) >= 11 is 0. The highest BCUT2D eigenvalue weighted by molar-refractivity contribution is 5.46. The average molecular weight is 208 g/mol. The first-order chi connectivity index (χ1) is 7.18. The first-order valence-electron chi connectivity index (χ1n) is 4.89. The number of nitrogens with zero attached hydrogens (tertiary/aromatic N) is 1. The normalized spacial score (nSPS) is 20.4. The van der Waals surface area contributed by atoms with Gasteiger partial charge in [0.15, 0.2) is 0 Å². The maximum Gasteiger partial charge on any atom is 0.274 e. The van der Waals surface area contributed by atoms with E-state index in [4.69, 9.17) is 0 Å². The molecule has 0 bridgehead atoms. The summed E-state index contributed by atoms with van der Waals surface area (Å²) in [5.74, 6) is 0.0734. The molecule has 1 aliphatic rings. The zero-order valence-corrected chi connectivity index (χ0v) is 8.14. The standard InChI is InChI=1S/C10H12N2O3/c13-7-3-4-10(12(14)15)8(6-7)9-2-1-5-11-9/h3-4,6,9,11,13H,1-2,5H2. The number of rotatable bonds is 2. The van der Waals surface area contributed by atoms with E-state index in [0.29, 0.717) is 5.56 Å². The largest absolute Gasteiger partial charge is 0.508 e. The molecule has 1 heterocycles. The molecule has 2 N–H and O–H groups in total. The van der Waals surface area contributed by atoms with E-state index in [1.807, 2.05) is 0 Å². The molecule has 0 aliphatic carbocycles. The van der Waals surface area contributed by atoms with Crippen LogP contribution in [0.4, 0.5) is 5.69 Å². The van der Waals surface area contributed by atoms with Gasteiger partial charge in [-0.15, -0.1) is 0 Å². The second-order valence-corrected chi connectivity index (χ2v) is 3.65. The van der Waals surface area contributed by atoms with Crippen molar-refractivity contribution in [3.63, 3.8) is 0 Å². The quantitative estimate of drug-likeness (QED) is 0.573. The molecule has 0 aromatic heterocycles. The van der Waals surface area contributed by atoms with Crippen molar-refractivity contribution in [2.24, 2.45) is 0 Å². The fraction of sp³-hybridized carbons (Fsp3) is 0.400. The van der Waals surface area contributed by atoms with Gasteiger partial charge in [0.05, 0.1) is 10.5 Å². The third kappa shape index (κ3) is 1.92. The van der Waals surface area contributed by atoms with Crippen LogP contribution in [0.2, 0.25) is 0 Å². The molecular formula is C10H12N2O3. The van der Waals surface area contributed by atoms with E-state index in [9.17, 15) is 15.2 Å². The SMILES string of the molecule is O=[N+]([O-])c1ccc(O)cc1C1CCCN1. The third-order valence-electron chi connectivity index (χ3n) is 2.64. The Balaban J connectivity index is 2.41. The number of nitro benzene ring substituents is 1. The van der Waals surface area contributed by atoms with Crippen LogP contribution in [0.25, 0.3) is 0 Å². The first kappa shape index (κ1) is 9.92. The van der Waals surface area contributed by atoms with Crippen molar-refractivity contribution in [3.05, 3.63) is 33.9 Å². The van der Waals surface area contributed by atoms with E-state index in [0.717, 1.165) is 19.4 Å². The minimum absolute atomic E-state index is 0.00231. The molecule has 0 radical (unpaired) electrons. The van der Waals surface area contributed by atoms with Gasteiger partial charge in [-0.05, 0) is 31.5 Å². The Morgan fingerprint density at radius 3 is 2.93 bits per heavy atom. The molecule has 1 unspecified atom stereocenters. The number of nitro groups is 1. The van der Waals surface area contributed by atoms with Crippen molar-refractivity contribution < 1.29 is 10.0 Å². The summed E-state index contributed by atoms with van der Waals surface area (Å²) in [5.41, 5.74) is 0.657. The van der Waals surface area contributed by atoms with Gasteiger partial charge in [-0.25, -0.2) is 0 Å². The van der Waals surface area contributed by atoms with Gasteiger partial charge in [0.25, 0.3) is 5.69 Å². The number of aromatic hydroxyl groups is 1. The molecule has 15 heavy (non-hydrogen) atoms. The lowest BCUT2D eigenvalue weighted by Crippen LogP contribution is -2.14. The number of phenolic OH excluding ortho intramolecular Hbond substituents is 1. The zero-order valence-electron chi connectivity index (χ0n) is 8.14. The molecule has 1 fully saturated rings. The number of phenols is 1. The van der Waals surface area contributed by atoms with Crippen LogP contribution in [0.15, 0.2) is 18.2 Å². The molecule has 5 heteroatoms. The van der Waals surface area contributed by atoms with Crippen LogP contribution in [0.1, 0.15) is 24.4 Å². The van der Waals surface area contributed by atoms with Crippen LogP contribution in [0.5, 0.6) is 5.75 Å². The summed E-state index contributed by atoms with van der Waals surface area (Å²) in [6, 6.07) is 4.17. The molecule has 5 nitrogen and oxygen atoms in total. The van der Waals surface area contributed by atoms with Gasteiger partial charge in [-0.1, -0.05) is 0 Å². The minimum Gasteiger partial charge on any atom is -0.508 e. The average Bonchev–Trinajstić information content (AvgIpc) is 2.69. The van der Waals surface area contributed by atoms with Crippen molar-refractivity contribution in [3.8, 4) is 5.75 Å². The highest BCUT2D eigenvalue weighted by atomic mass is 16.6. The zero-order chi connectivity index (χ0) is 10.8. The maximum atomic E-state index is 10.8. The number of hydrogen-bond donors (Lipinski definition) is 2. The van der Waals surface area contributed by atoms with Crippen LogP contribution >= 0.6 is 0 Å². The van der Waals surface area contributed by atoms with E-state index >= 15 is 0 Å². The van der Waals surface area contributed by atoms with Gasteiger partial charge in [0, 0.05) is 12.1 Å². The van der Waals surface area contributed by atoms with Crippen LogP contribution in [-0.4, -0.2) is 16.6 Å². The van der Waals surface area contributed by atoms with E-state index in [2.05, 4.69) is 5.32 Å². The number of hydrogen-bond acceptors (Lipinski definition) is 4. The molecule has 1 aromatic carbocycles. The molecule has 1 aliphatic heterocycles. The maximum absolute atomic E-state index is 10.8. The lowest BCUT2D eigenvalue weighted by atomic mass is 10.0. The smallest absolute Gasteiger partial charge is 0.274 e. The summed E-state index contributed by atoms with van der Waals surface area (Å²) in [7, 11) is 0. The van der Waals surface area contributed by atoms with Crippen molar-refractivity contribution in [1.82, 2.24) is 5.32 Å². The molecule has 0 saturated carbocycles. The molecule has 2 rings (SSSR count). The van der Waals surface area contributed by atoms with E-state index < -0.39 is 4.92 Å². The summed E-state index contributed by atoms with van der Waals surface area (Å²) < 4.78 is 0. The monoisotopic (exact) mass is 208 g/mol. The highest BCUT2D eigenvalue weighted by Crippen LogP contribution is 2.32.